The van der Waals surface area contributed by atoms with Gasteiger partial charge < -0.3 is 5.32 Å². The summed E-state index contributed by atoms with van der Waals surface area (Å²) in [6, 6.07) is 4.82. The van der Waals surface area contributed by atoms with Crippen molar-refractivity contribution in [1.82, 2.24) is 0 Å². The Morgan fingerprint density at radius 1 is 1.33 bits per heavy atom. The molecule has 96 valence electrons. The molecule has 2 nitrogen and oxygen atoms in total. The highest BCUT2D eigenvalue weighted by molar-refractivity contribution is 8.14. The molecule has 4 heteroatoms. The van der Waals surface area contributed by atoms with Crippen molar-refractivity contribution in [3.05, 3.63) is 29.6 Å². The molecule has 1 aliphatic carbocycles. The molecular formula is C14H17FN2S. The average Bonchev–Trinajstić information content (AvgIpc) is 2.95. The summed E-state index contributed by atoms with van der Waals surface area (Å²) < 4.78 is 13.2. The number of halogens is 1. The van der Waals surface area contributed by atoms with Gasteiger partial charge in [-0.25, -0.2) is 4.39 Å². The topological polar surface area (TPSA) is 24.4 Å². The average molecular weight is 264 g/mol. The van der Waals surface area contributed by atoms with E-state index in [1.807, 2.05) is 6.92 Å². The minimum Gasteiger partial charge on any atom is -0.335 e. The number of anilines is 1. The molecule has 0 unspecified atom stereocenters. The van der Waals surface area contributed by atoms with E-state index in [9.17, 15) is 4.39 Å². The molecular weight excluding hydrogens is 247 g/mol. The van der Waals surface area contributed by atoms with Crippen molar-refractivity contribution >= 4 is 22.6 Å². The Bertz CT molecular complexity index is 493. The van der Waals surface area contributed by atoms with Crippen LogP contribution in [0.3, 0.4) is 0 Å². The van der Waals surface area contributed by atoms with Crippen LogP contribution in [0, 0.1) is 12.7 Å². The number of hydrogen-bond acceptors (Lipinski definition) is 3. The second kappa shape index (κ2) is 4.57. The number of rotatable bonds is 1. The summed E-state index contributed by atoms with van der Waals surface area (Å²) in [5.41, 5.74) is 2.05. The van der Waals surface area contributed by atoms with Gasteiger partial charge in [0.2, 0.25) is 0 Å². The van der Waals surface area contributed by atoms with Crippen LogP contribution in [-0.2, 0) is 0 Å². The standard InChI is InChI=1S/C14H17FN2S/c1-10-4-5-11(15)8-12(10)16-13-17-14(9-18-13)6-2-3-7-14/h4-5,8H,2-3,6-7,9H2,1H3,(H,16,17). The van der Waals surface area contributed by atoms with E-state index in [0.29, 0.717) is 0 Å². The lowest BCUT2D eigenvalue weighted by Gasteiger charge is -2.16. The fraction of sp³-hybridized carbons (Fsp3) is 0.500. The molecule has 1 spiro atoms. The quantitative estimate of drug-likeness (QED) is 0.830. The van der Waals surface area contributed by atoms with Crippen molar-refractivity contribution in [3.63, 3.8) is 0 Å². The third-order valence-electron chi connectivity index (χ3n) is 3.79. The van der Waals surface area contributed by atoms with Crippen molar-refractivity contribution in [3.8, 4) is 0 Å². The normalized spacial score (nSPS) is 21.3. The number of thioether (sulfide) groups is 1. The number of aliphatic imine (C=N–C) groups is 1. The number of aryl methyl sites for hydroxylation is 1. The maximum absolute atomic E-state index is 13.2. The van der Waals surface area contributed by atoms with Gasteiger partial charge in [-0.05, 0) is 37.5 Å². The van der Waals surface area contributed by atoms with E-state index in [1.54, 1.807) is 17.8 Å². The summed E-state index contributed by atoms with van der Waals surface area (Å²) in [6.45, 7) is 1.98. The van der Waals surface area contributed by atoms with Gasteiger partial charge in [0.05, 0.1) is 5.54 Å². The number of nitrogens with zero attached hydrogens (tertiary/aromatic N) is 1. The number of benzene rings is 1. The third-order valence-corrected chi connectivity index (χ3v) is 4.94. The van der Waals surface area contributed by atoms with Crippen LogP contribution >= 0.6 is 11.8 Å². The van der Waals surface area contributed by atoms with Crippen molar-refractivity contribution in [2.24, 2.45) is 4.99 Å². The molecule has 0 saturated heterocycles. The van der Waals surface area contributed by atoms with Crippen molar-refractivity contribution in [2.45, 2.75) is 38.1 Å². The van der Waals surface area contributed by atoms with Crippen LogP contribution in [0.2, 0.25) is 0 Å². The smallest absolute Gasteiger partial charge is 0.161 e. The van der Waals surface area contributed by atoms with Crippen LogP contribution in [0.4, 0.5) is 10.1 Å². The van der Waals surface area contributed by atoms with Crippen molar-refractivity contribution < 1.29 is 4.39 Å². The Labute approximate surface area is 111 Å². The van der Waals surface area contributed by atoms with Crippen LogP contribution in [0.15, 0.2) is 23.2 Å². The van der Waals surface area contributed by atoms with Crippen LogP contribution in [0.1, 0.15) is 31.2 Å². The lowest BCUT2D eigenvalue weighted by molar-refractivity contribution is 0.508. The van der Waals surface area contributed by atoms with Crippen LogP contribution < -0.4 is 5.32 Å². The van der Waals surface area contributed by atoms with Crippen molar-refractivity contribution in [1.29, 1.82) is 0 Å². The van der Waals surface area contributed by atoms with Crippen LogP contribution in [0.5, 0.6) is 0 Å². The molecule has 1 heterocycles. The lowest BCUT2D eigenvalue weighted by atomic mass is 10.0. The highest BCUT2D eigenvalue weighted by atomic mass is 32.2. The van der Waals surface area contributed by atoms with E-state index < -0.39 is 0 Å². The van der Waals surface area contributed by atoms with E-state index in [4.69, 9.17) is 4.99 Å². The molecule has 0 bridgehead atoms. The second-order valence-corrected chi connectivity index (χ2v) is 6.19. The van der Waals surface area contributed by atoms with E-state index in [1.165, 1.54) is 37.8 Å². The van der Waals surface area contributed by atoms with E-state index in [-0.39, 0.29) is 11.4 Å². The van der Waals surface area contributed by atoms with Gasteiger partial charge in [-0.3, -0.25) is 4.99 Å². The summed E-state index contributed by atoms with van der Waals surface area (Å²) >= 11 is 1.76. The number of hydrogen-bond donors (Lipinski definition) is 1. The van der Waals surface area contributed by atoms with Gasteiger partial charge in [0.15, 0.2) is 5.17 Å². The SMILES string of the molecule is Cc1ccc(F)cc1NC1=NC2(CCCC2)CS1. The maximum Gasteiger partial charge on any atom is 0.161 e. The Balaban J connectivity index is 1.79. The molecule has 0 atom stereocenters. The molecule has 1 saturated carbocycles. The molecule has 0 aromatic heterocycles. The predicted octanol–water partition coefficient (Wildman–Crippen LogP) is 3.96. The second-order valence-electron chi connectivity index (χ2n) is 5.22. The molecule has 18 heavy (non-hydrogen) atoms. The first-order valence-electron chi connectivity index (χ1n) is 6.43. The number of amidine groups is 1. The Kier molecular flexibility index (Phi) is 3.06. The number of nitrogens with one attached hydrogen (secondary N) is 1. The summed E-state index contributed by atoms with van der Waals surface area (Å²) in [7, 11) is 0. The van der Waals surface area contributed by atoms with Gasteiger partial charge in [0.25, 0.3) is 0 Å². The molecule has 1 aliphatic heterocycles. The van der Waals surface area contributed by atoms with Gasteiger partial charge in [0, 0.05) is 11.4 Å². The zero-order chi connectivity index (χ0) is 12.6. The highest BCUT2D eigenvalue weighted by Crippen LogP contribution is 2.41. The predicted molar refractivity (Wildman–Crippen MR) is 75.9 cm³/mol. The Hall–Kier alpha value is -1.03. The van der Waals surface area contributed by atoms with E-state index in [2.05, 4.69) is 5.32 Å². The first kappa shape index (κ1) is 12.0. The highest BCUT2D eigenvalue weighted by Gasteiger charge is 2.38. The van der Waals surface area contributed by atoms with Gasteiger partial charge in [0.1, 0.15) is 5.82 Å². The molecule has 1 aromatic carbocycles. The van der Waals surface area contributed by atoms with Crippen LogP contribution in [0.25, 0.3) is 0 Å². The minimum absolute atomic E-state index is 0.175. The molecule has 0 amide bonds. The summed E-state index contributed by atoms with van der Waals surface area (Å²) in [6.07, 6.45) is 4.98. The summed E-state index contributed by atoms with van der Waals surface area (Å²) in [5.74, 6) is 0.867. The maximum atomic E-state index is 13.2. The van der Waals surface area contributed by atoms with Gasteiger partial charge >= 0.3 is 0 Å². The zero-order valence-corrected chi connectivity index (χ0v) is 11.3. The molecule has 0 radical (unpaired) electrons. The zero-order valence-electron chi connectivity index (χ0n) is 10.5. The molecule has 3 rings (SSSR count). The van der Waals surface area contributed by atoms with E-state index in [0.717, 1.165) is 22.2 Å². The summed E-state index contributed by atoms with van der Waals surface area (Å²) in [5, 5.41) is 4.22. The molecule has 1 N–H and O–H groups in total. The van der Waals surface area contributed by atoms with E-state index >= 15 is 0 Å². The Morgan fingerprint density at radius 3 is 2.89 bits per heavy atom. The molecule has 2 aliphatic rings. The lowest BCUT2D eigenvalue weighted by Crippen LogP contribution is -2.21. The minimum atomic E-state index is -0.206. The first-order valence-corrected chi connectivity index (χ1v) is 7.41. The van der Waals surface area contributed by atoms with Gasteiger partial charge in [-0.15, -0.1) is 0 Å². The fourth-order valence-electron chi connectivity index (χ4n) is 2.68. The van der Waals surface area contributed by atoms with Gasteiger partial charge in [-0.1, -0.05) is 30.7 Å². The van der Waals surface area contributed by atoms with Gasteiger partial charge in [-0.2, -0.15) is 0 Å². The summed E-state index contributed by atoms with van der Waals surface area (Å²) in [4.78, 5) is 4.83. The fourth-order valence-corrected chi connectivity index (χ4v) is 3.88. The van der Waals surface area contributed by atoms with Crippen molar-refractivity contribution in [2.75, 3.05) is 11.1 Å². The largest absolute Gasteiger partial charge is 0.335 e. The van der Waals surface area contributed by atoms with Crippen LogP contribution in [-0.4, -0.2) is 16.5 Å². The molecule has 1 fully saturated rings. The molecule has 1 aromatic rings. The monoisotopic (exact) mass is 264 g/mol. The third kappa shape index (κ3) is 2.26. The Morgan fingerprint density at radius 2 is 2.11 bits per heavy atom. The first-order chi connectivity index (χ1) is 8.67.